The van der Waals surface area contributed by atoms with E-state index in [0.717, 1.165) is 16.9 Å². The predicted molar refractivity (Wildman–Crippen MR) is 112 cm³/mol. The van der Waals surface area contributed by atoms with Gasteiger partial charge in [-0.05, 0) is 35.7 Å². The second kappa shape index (κ2) is 7.71. The number of aliphatic hydroxyl groups excluding tert-OH is 1. The van der Waals surface area contributed by atoms with Crippen LogP contribution in [-0.2, 0) is 22.7 Å². The Balaban J connectivity index is 1.38. The molecule has 1 aromatic carbocycles. The SMILES string of the molecule is COc1cccc(CN2CC3(C2)C(=O)N(Cc2cccnc2)C(=O)[C@@H]2C[C@@H](O)CN23)c1. The molecule has 5 rings (SSSR count). The molecule has 8 nitrogen and oxygen atoms in total. The molecule has 1 aromatic heterocycles. The zero-order valence-corrected chi connectivity index (χ0v) is 17.5. The van der Waals surface area contributed by atoms with Gasteiger partial charge in [-0.2, -0.15) is 0 Å². The fourth-order valence-electron chi connectivity index (χ4n) is 5.15. The largest absolute Gasteiger partial charge is 0.497 e. The number of β-amino-alcohol motifs (C(OH)–C–C–N with tert-alkyl or cyclic N) is 1. The van der Waals surface area contributed by atoms with Crippen molar-refractivity contribution in [2.75, 3.05) is 26.7 Å². The van der Waals surface area contributed by atoms with Gasteiger partial charge in [-0.15, -0.1) is 0 Å². The number of benzene rings is 1. The Bertz CT molecular complexity index is 992. The first kappa shape index (κ1) is 20.1. The van der Waals surface area contributed by atoms with Crippen molar-refractivity contribution in [1.82, 2.24) is 19.7 Å². The quantitative estimate of drug-likeness (QED) is 0.708. The van der Waals surface area contributed by atoms with Crippen molar-refractivity contribution >= 4 is 11.8 Å². The third kappa shape index (κ3) is 3.40. The highest BCUT2D eigenvalue weighted by Crippen LogP contribution is 2.41. The van der Waals surface area contributed by atoms with Crippen LogP contribution in [0.1, 0.15) is 17.5 Å². The van der Waals surface area contributed by atoms with E-state index < -0.39 is 17.7 Å². The lowest BCUT2D eigenvalue weighted by atomic mass is 9.82. The van der Waals surface area contributed by atoms with E-state index in [1.54, 1.807) is 25.6 Å². The number of piperazine rings is 1. The Kier molecular flexibility index (Phi) is 5.00. The van der Waals surface area contributed by atoms with E-state index in [0.29, 0.717) is 32.6 Å². The number of ether oxygens (including phenoxy) is 1. The van der Waals surface area contributed by atoms with Crippen LogP contribution in [0, 0.1) is 0 Å². The Labute approximate surface area is 181 Å². The fourth-order valence-corrected chi connectivity index (χ4v) is 5.15. The number of hydrogen-bond donors (Lipinski definition) is 1. The Morgan fingerprint density at radius 1 is 1.16 bits per heavy atom. The molecule has 0 bridgehead atoms. The topological polar surface area (TPSA) is 86.2 Å². The lowest BCUT2D eigenvalue weighted by molar-refractivity contribution is -0.181. The summed E-state index contributed by atoms with van der Waals surface area (Å²) in [4.78, 5) is 36.4. The summed E-state index contributed by atoms with van der Waals surface area (Å²) >= 11 is 0. The average molecular weight is 422 g/mol. The van der Waals surface area contributed by atoms with Gasteiger partial charge in [-0.1, -0.05) is 18.2 Å². The Morgan fingerprint density at radius 3 is 2.71 bits per heavy atom. The van der Waals surface area contributed by atoms with E-state index in [1.165, 1.54) is 4.90 Å². The minimum atomic E-state index is -0.767. The zero-order valence-electron chi connectivity index (χ0n) is 17.5. The van der Waals surface area contributed by atoms with Gasteiger partial charge in [-0.3, -0.25) is 29.3 Å². The summed E-state index contributed by atoms with van der Waals surface area (Å²) in [7, 11) is 1.64. The molecule has 2 amide bonds. The van der Waals surface area contributed by atoms with Crippen LogP contribution in [0.15, 0.2) is 48.8 Å². The molecule has 8 heteroatoms. The lowest BCUT2D eigenvalue weighted by Crippen LogP contribution is -2.81. The molecule has 2 atom stereocenters. The summed E-state index contributed by atoms with van der Waals surface area (Å²) in [6.07, 6.45) is 3.12. The van der Waals surface area contributed by atoms with E-state index in [2.05, 4.69) is 9.88 Å². The molecule has 3 aliphatic rings. The maximum absolute atomic E-state index is 13.6. The first-order valence-electron chi connectivity index (χ1n) is 10.5. The molecule has 0 unspecified atom stereocenters. The molecule has 0 radical (unpaired) electrons. The van der Waals surface area contributed by atoms with E-state index in [4.69, 9.17) is 4.74 Å². The van der Waals surface area contributed by atoms with Gasteiger partial charge in [0, 0.05) is 38.6 Å². The van der Waals surface area contributed by atoms with Crippen LogP contribution in [0.2, 0.25) is 0 Å². The number of amides is 2. The molecule has 1 spiro atoms. The molecule has 3 fully saturated rings. The zero-order chi connectivity index (χ0) is 21.6. The van der Waals surface area contributed by atoms with E-state index in [-0.39, 0.29) is 18.4 Å². The van der Waals surface area contributed by atoms with Crippen molar-refractivity contribution in [2.24, 2.45) is 0 Å². The second-order valence-electron chi connectivity index (χ2n) is 8.68. The number of carbonyl (C=O) groups excluding carboxylic acids is 2. The highest BCUT2D eigenvalue weighted by Gasteiger charge is 2.64. The summed E-state index contributed by atoms with van der Waals surface area (Å²) in [5.74, 6) is 0.410. The van der Waals surface area contributed by atoms with Crippen molar-refractivity contribution in [1.29, 1.82) is 0 Å². The number of likely N-dealkylation sites (tertiary alicyclic amines) is 1. The maximum atomic E-state index is 13.6. The third-order valence-electron chi connectivity index (χ3n) is 6.60. The van der Waals surface area contributed by atoms with Crippen molar-refractivity contribution in [3.8, 4) is 5.75 Å². The van der Waals surface area contributed by atoms with E-state index in [1.807, 2.05) is 35.2 Å². The van der Waals surface area contributed by atoms with Gasteiger partial charge in [0.05, 0.1) is 25.8 Å². The van der Waals surface area contributed by atoms with Crippen LogP contribution in [0.5, 0.6) is 5.75 Å². The number of aliphatic hydroxyl groups is 1. The number of fused-ring (bicyclic) bond motifs is 2. The van der Waals surface area contributed by atoms with Crippen LogP contribution < -0.4 is 4.74 Å². The average Bonchev–Trinajstić information content (AvgIpc) is 3.15. The number of methoxy groups -OCH3 is 1. The van der Waals surface area contributed by atoms with Crippen molar-refractivity contribution in [2.45, 2.75) is 37.2 Å². The summed E-state index contributed by atoms with van der Waals surface area (Å²) in [6.45, 7) is 2.33. The first-order chi connectivity index (χ1) is 15.0. The molecule has 3 aliphatic heterocycles. The third-order valence-corrected chi connectivity index (χ3v) is 6.60. The highest BCUT2D eigenvalue weighted by atomic mass is 16.5. The normalized spacial score (nSPS) is 25.5. The van der Waals surface area contributed by atoms with Gasteiger partial charge in [0.25, 0.3) is 5.91 Å². The second-order valence-corrected chi connectivity index (χ2v) is 8.68. The van der Waals surface area contributed by atoms with Crippen LogP contribution in [0.4, 0.5) is 0 Å². The monoisotopic (exact) mass is 422 g/mol. The van der Waals surface area contributed by atoms with Gasteiger partial charge in [-0.25, -0.2) is 0 Å². The first-order valence-corrected chi connectivity index (χ1v) is 10.5. The number of hydrogen-bond acceptors (Lipinski definition) is 7. The standard InChI is InChI=1S/C23H26N4O4/c1-31-19-6-2-4-16(8-19)11-25-14-23(15-25)22(30)26(12-17-5-3-7-24-10-17)21(29)20-9-18(28)13-27(20)23/h2-8,10,18,20,28H,9,11-15H2,1H3/t18-,20+/m1/s1. The minimum absolute atomic E-state index is 0.173. The molecule has 31 heavy (non-hydrogen) atoms. The summed E-state index contributed by atoms with van der Waals surface area (Å²) < 4.78 is 5.31. The van der Waals surface area contributed by atoms with Crippen LogP contribution in [-0.4, -0.2) is 81.0 Å². The lowest BCUT2D eigenvalue weighted by Gasteiger charge is -2.58. The molecule has 3 saturated heterocycles. The minimum Gasteiger partial charge on any atom is -0.497 e. The predicted octanol–water partition coefficient (Wildman–Crippen LogP) is 0.649. The van der Waals surface area contributed by atoms with Gasteiger partial charge in [0.2, 0.25) is 5.91 Å². The summed E-state index contributed by atoms with van der Waals surface area (Å²) in [6, 6.07) is 11.1. The van der Waals surface area contributed by atoms with Gasteiger partial charge < -0.3 is 9.84 Å². The summed E-state index contributed by atoms with van der Waals surface area (Å²) in [5, 5.41) is 10.3. The van der Waals surface area contributed by atoms with Crippen molar-refractivity contribution in [3.63, 3.8) is 0 Å². The summed E-state index contributed by atoms with van der Waals surface area (Å²) in [5.41, 5.74) is 1.16. The van der Waals surface area contributed by atoms with Gasteiger partial charge in [0.1, 0.15) is 11.3 Å². The number of pyridine rings is 1. The molecular weight excluding hydrogens is 396 g/mol. The molecule has 162 valence electrons. The fraction of sp³-hybridized carbons (Fsp3) is 0.435. The molecule has 2 aromatic rings. The number of carbonyl (C=O) groups is 2. The molecular formula is C23H26N4O4. The van der Waals surface area contributed by atoms with Crippen LogP contribution >= 0.6 is 0 Å². The number of rotatable bonds is 5. The number of imide groups is 1. The molecule has 0 saturated carbocycles. The van der Waals surface area contributed by atoms with Crippen molar-refractivity contribution < 1.29 is 19.4 Å². The van der Waals surface area contributed by atoms with Gasteiger partial charge >= 0.3 is 0 Å². The maximum Gasteiger partial charge on any atom is 0.252 e. The highest BCUT2D eigenvalue weighted by molar-refractivity contribution is 6.06. The smallest absolute Gasteiger partial charge is 0.252 e. The molecule has 1 N–H and O–H groups in total. The molecule has 4 heterocycles. The molecule has 0 aliphatic carbocycles. The van der Waals surface area contributed by atoms with Crippen LogP contribution in [0.3, 0.4) is 0 Å². The Hall–Kier alpha value is -2.81. The number of aromatic nitrogens is 1. The van der Waals surface area contributed by atoms with Crippen molar-refractivity contribution in [3.05, 3.63) is 59.9 Å². The number of nitrogens with zero attached hydrogens (tertiary/aromatic N) is 4. The van der Waals surface area contributed by atoms with E-state index in [9.17, 15) is 14.7 Å². The van der Waals surface area contributed by atoms with E-state index >= 15 is 0 Å². The Morgan fingerprint density at radius 2 is 1.97 bits per heavy atom. The van der Waals surface area contributed by atoms with Gasteiger partial charge in [0.15, 0.2) is 0 Å². The van der Waals surface area contributed by atoms with Crippen LogP contribution in [0.25, 0.3) is 0 Å².